The summed E-state index contributed by atoms with van der Waals surface area (Å²) in [5, 5.41) is 0. The van der Waals surface area contributed by atoms with E-state index in [2.05, 4.69) is 9.72 Å². The molecule has 2 N–H and O–H groups in total. The van der Waals surface area contributed by atoms with Gasteiger partial charge in [-0.15, -0.1) is 0 Å². The average molecular weight is 220 g/mol. The number of nitrogens with two attached hydrogens (primary N) is 1. The standard InChI is InChI=1S/C8H7F3N2O2/c1-15-5-3-2-4(7(12)13-5)6(14)8(9,10)11/h2-3H,1H3,(H2,12,13). The number of nitrogen functional groups attached to an aromatic ring is 1. The first-order valence-electron chi connectivity index (χ1n) is 3.78. The van der Waals surface area contributed by atoms with Gasteiger partial charge in [0.1, 0.15) is 5.82 Å². The Hall–Kier alpha value is -1.79. The van der Waals surface area contributed by atoms with Crippen LogP contribution in [-0.2, 0) is 0 Å². The van der Waals surface area contributed by atoms with Crippen LogP contribution in [0.5, 0.6) is 5.88 Å². The van der Waals surface area contributed by atoms with Crippen LogP contribution in [0.2, 0.25) is 0 Å². The number of methoxy groups -OCH3 is 1. The van der Waals surface area contributed by atoms with Crippen LogP contribution >= 0.6 is 0 Å². The predicted molar refractivity (Wildman–Crippen MR) is 45.6 cm³/mol. The number of Topliss-reactive ketones (excluding diaryl/α,β-unsaturated/α-hetero) is 1. The molecule has 0 amide bonds. The number of pyridine rings is 1. The fourth-order valence-corrected chi connectivity index (χ4v) is 0.915. The first-order chi connectivity index (χ1) is 6.86. The molecule has 15 heavy (non-hydrogen) atoms. The Bertz CT molecular complexity index is 390. The Morgan fingerprint density at radius 1 is 1.47 bits per heavy atom. The van der Waals surface area contributed by atoms with E-state index in [4.69, 9.17) is 5.73 Å². The molecular weight excluding hydrogens is 213 g/mol. The van der Waals surface area contributed by atoms with Crippen LogP contribution < -0.4 is 10.5 Å². The van der Waals surface area contributed by atoms with Gasteiger partial charge in [-0.3, -0.25) is 4.79 Å². The summed E-state index contributed by atoms with van der Waals surface area (Å²) < 4.78 is 40.7. The third-order valence-corrected chi connectivity index (χ3v) is 1.61. The summed E-state index contributed by atoms with van der Waals surface area (Å²) in [5.41, 5.74) is 4.51. The molecule has 0 aliphatic carbocycles. The van der Waals surface area contributed by atoms with Gasteiger partial charge in [-0.25, -0.2) is 0 Å². The van der Waals surface area contributed by atoms with Gasteiger partial charge in [0, 0.05) is 6.07 Å². The van der Waals surface area contributed by atoms with Crippen molar-refractivity contribution >= 4 is 11.6 Å². The highest BCUT2D eigenvalue weighted by Gasteiger charge is 2.40. The van der Waals surface area contributed by atoms with Crippen molar-refractivity contribution in [3.05, 3.63) is 17.7 Å². The van der Waals surface area contributed by atoms with Gasteiger partial charge in [0.25, 0.3) is 5.78 Å². The normalized spacial score (nSPS) is 11.2. The molecule has 1 rings (SSSR count). The average Bonchev–Trinajstić information content (AvgIpc) is 2.15. The van der Waals surface area contributed by atoms with Crippen molar-refractivity contribution < 1.29 is 22.7 Å². The molecule has 0 spiro atoms. The largest absolute Gasteiger partial charge is 0.481 e. The zero-order valence-electron chi connectivity index (χ0n) is 7.63. The molecule has 4 nitrogen and oxygen atoms in total. The highest BCUT2D eigenvalue weighted by molar-refractivity contribution is 6.03. The van der Waals surface area contributed by atoms with Gasteiger partial charge in [0.2, 0.25) is 5.88 Å². The van der Waals surface area contributed by atoms with Crippen LogP contribution in [0.15, 0.2) is 12.1 Å². The lowest BCUT2D eigenvalue weighted by atomic mass is 10.1. The quantitative estimate of drug-likeness (QED) is 0.765. The van der Waals surface area contributed by atoms with Gasteiger partial charge in [-0.05, 0) is 6.07 Å². The van der Waals surface area contributed by atoms with Crippen LogP contribution in [0.3, 0.4) is 0 Å². The summed E-state index contributed by atoms with van der Waals surface area (Å²) in [6.07, 6.45) is -4.95. The number of anilines is 1. The number of hydrogen-bond donors (Lipinski definition) is 1. The van der Waals surface area contributed by atoms with Gasteiger partial charge in [-0.1, -0.05) is 0 Å². The van der Waals surface area contributed by atoms with E-state index in [0.717, 1.165) is 12.1 Å². The first kappa shape index (κ1) is 11.3. The lowest BCUT2D eigenvalue weighted by Crippen LogP contribution is -2.24. The minimum Gasteiger partial charge on any atom is -0.481 e. The fourth-order valence-electron chi connectivity index (χ4n) is 0.915. The Labute approximate surface area is 82.9 Å². The van der Waals surface area contributed by atoms with Gasteiger partial charge in [0.05, 0.1) is 12.7 Å². The SMILES string of the molecule is COc1ccc(C(=O)C(F)(F)F)c(N)n1. The van der Waals surface area contributed by atoms with E-state index in [1.54, 1.807) is 0 Å². The molecule has 0 fully saturated rings. The van der Waals surface area contributed by atoms with Crippen LogP contribution in [0.1, 0.15) is 10.4 Å². The third kappa shape index (κ3) is 2.36. The van der Waals surface area contributed by atoms with Crippen LogP contribution in [-0.4, -0.2) is 24.1 Å². The van der Waals surface area contributed by atoms with Gasteiger partial charge in [0.15, 0.2) is 0 Å². The molecule has 0 aromatic carbocycles. The smallest absolute Gasteiger partial charge is 0.455 e. The number of ketones is 1. The van der Waals surface area contributed by atoms with E-state index >= 15 is 0 Å². The van der Waals surface area contributed by atoms with E-state index in [-0.39, 0.29) is 5.88 Å². The molecule has 0 radical (unpaired) electrons. The molecule has 1 aromatic heterocycles. The molecule has 82 valence electrons. The molecule has 0 atom stereocenters. The molecule has 0 saturated carbocycles. The lowest BCUT2D eigenvalue weighted by Gasteiger charge is -2.07. The fraction of sp³-hybridized carbons (Fsp3) is 0.250. The van der Waals surface area contributed by atoms with E-state index < -0.39 is 23.3 Å². The van der Waals surface area contributed by atoms with E-state index in [1.807, 2.05) is 0 Å². The molecule has 0 aliphatic heterocycles. The summed E-state index contributed by atoms with van der Waals surface area (Å²) in [5.74, 6) is -2.47. The van der Waals surface area contributed by atoms with Crippen molar-refractivity contribution in [3.8, 4) is 5.88 Å². The highest BCUT2D eigenvalue weighted by atomic mass is 19.4. The van der Waals surface area contributed by atoms with Crippen LogP contribution in [0, 0.1) is 0 Å². The summed E-state index contributed by atoms with van der Waals surface area (Å²) in [7, 11) is 1.28. The Morgan fingerprint density at radius 2 is 2.07 bits per heavy atom. The zero-order chi connectivity index (χ0) is 11.6. The Balaban J connectivity index is 3.12. The second-order valence-electron chi connectivity index (χ2n) is 2.61. The minimum absolute atomic E-state index is 0.0474. The van der Waals surface area contributed by atoms with Crippen molar-refractivity contribution in [1.29, 1.82) is 0 Å². The second-order valence-corrected chi connectivity index (χ2v) is 2.61. The summed E-state index contributed by atoms with van der Waals surface area (Å²) in [6.45, 7) is 0. The van der Waals surface area contributed by atoms with E-state index in [0.29, 0.717) is 0 Å². The number of aromatic nitrogens is 1. The maximum atomic E-state index is 12.0. The van der Waals surface area contributed by atoms with Gasteiger partial charge < -0.3 is 10.5 Å². The van der Waals surface area contributed by atoms with E-state index in [1.165, 1.54) is 7.11 Å². The third-order valence-electron chi connectivity index (χ3n) is 1.61. The zero-order valence-corrected chi connectivity index (χ0v) is 7.63. The van der Waals surface area contributed by atoms with Gasteiger partial charge >= 0.3 is 6.18 Å². The minimum atomic E-state index is -4.95. The van der Waals surface area contributed by atoms with Crippen molar-refractivity contribution in [2.24, 2.45) is 0 Å². The number of nitrogens with zero attached hydrogens (tertiary/aromatic N) is 1. The van der Waals surface area contributed by atoms with Crippen molar-refractivity contribution in [1.82, 2.24) is 4.98 Å². The first-order valence-corrected chi connectivity index (χ1v) is 3.78. The molecule has 0 aliphatic rings. The van der Waals surface area contributed by atoms with Gasteiger partial charge in [-0.2, -0.15) is 18.2 Å². The molecule has 1 aromatic rings. The van der Waals surface area contributed by atoms with Crippen LogP contribution in [0.25, 0.3) is 0 Å². The number of hydrogen-bond acceptors (Lipinski definition) is 4. The topological polar surface area (TPSA) is 65.2 Å². The summed E-state index contributed by atoms with van der Waals surface area (Å²) in [4.78, 5) is 14.3. The molecule has 0 saturated heterocycles. The second kappa shape index (κ2) is 3.76. The summed E-state index contributed by atoms with van der Waals surface area (Å²) in [6, 6.07) is 2.06. The molecule has 7 heteroatoms. The number of halogens is 3. The molecule has 0 unspecified atom stereocenters. The van der Waals surface area contributed by atoms with Crippen molar-refractivity contribution in [2.45, 2.75) is 6.18 Å². The Kier molecular flexibility index (Phi) is 2.83. The predicted octanol–water partition coefficient (Wildman–Crippen LogP) is 1.42. The number of alkyl halides is 3. The maximum Gasteiger partial charge on any atom is 0.455 e. The molecular formula is C8H7F3N2O2. The monoisotopic (exact) mass is 220 g/mol. The molecule has 1 heterocycles. The van der Waals surface area contributed by atoms with E-state index in [9.17, 15) is 18.0 Å². The number of carbonyl (C=O) groups excluding carboxylic acids is 1. The number of ether oxygens (including phenoxy) is 1. The number of rotatable bonds is 2. The molecule has 0 bridgehead atoms. The Morgan fingerprint density at radius 3 is 2.47 bits per heavy atom. The lowest BCUT2D eigenvalue weighted by molar-refractivity contribution is -0.0884. The van der Waals surface area contributed by atoms with Crippen molar-refractivity contribution in [3.63, 3.8) is 0 Å². The van der Waals surface area contributed by atoms with Crippen LogP contribution in [0.4, 0.5) is 19.0 Å². The highest BCUT2D eigenvalue weighted by Crippen LogP contribution is 2.25. The number of carbonyl (C=O) groups is 1. The maximum absolute atomic E-state index is 12.0. The summed E-state index contributed by atoms with van der Waals surface area (Å²) >= 11 is 0. The van der Waals surface area contributed by atoms with Crippen molar-refractivity contribution in [2.75, 3.05) is 12.8 Å².